The van der Waals surface area contributed by atoms with E-state index in [0.29, 0.717) is 9.56 Å². The van der Waals surface area contributed by atoms with Crippen LogP contribution in [-0.2, 0) is 0 Å². The van der Waals surface area contributed by atoms with Gasteiger partial charge in [-0.3, -0.25) is 0 Å². The van der Waals surface area contributed by atoms with E-state index in [1.165, 1.54) is 6.07 Å². The zero-order valence-electron chi connectivity index (χ0n) is 7.30. The zero-order chi connectivity index (χ0) is 10.6. The van der Waals surface area contributed by atoms with Crippen LogP contribution in [0.15, 0.2) is 18.2 Å². The third-order valence-corrected chi connectivity index (χ3v) is 4.29. The first-order chi connectivity index (χ1) is 6.65. The summed E-state index contributed by atoms with van der Waals surface area (Å²) >= 11 is -0.678. The van der Waals surface area contributed by atoms with Crippen LogP contribution >= 0.6 is 0 Å². The molecule has 0 aromatic heterocycles. The van der Waals surface area contributed by atoms with Gasteiger partial charge in [0.25, 0.3) is 0 Å². The number of hydrogen-bond donors (Lipinski definition) is 2. The summed E-state index contributed by atoms with van der Waals surface area (Å²) in [5.74, 6) is -0.101. The van der Waals surface area contributed by atoms with E-state index in [1.807, 2.05) is 0 Å². The number of nitro benzene ring substituents is 1. The molecule has 1 rings (SSSR count). The van der Waals surface area contributed by atoms with Crippen molar-refractivity contribution < 1.29 is 15.1 Å². The fourth-order valence-electron chi connectivity index (χ4n) is 1.01. The van der Waals surface area contributed by atoms with E-state index >= 15 is 0 Å². The molecule has 0 fully saturated rings. The standard InChI is InChI=1S/C8H10AsNO4/c11-4-3-9-7-2-1-6(12)5-8(7)10(13)14/h1-2,5,9,11-12H,3-4H2. The summed E-state index contributed by atoms with van der Waals surface area (Å²) in [6, 6.07) is 4.14. The van der Waals surface area contributed by atoms with Crippen molar-refractivity contribution in [2.75, 3.05) is 6.61 Å². The molecule has 2 N–H and O–H groups in total. The molecule has 14 heavy (non-hydrogen) atoms. The molecule has 0 saturated heterocycles. The zero-order valence-corrected chi connectivity index (χ0v) is 9.40. The molecule has 0 aliphatic carbocycles. The number of rotatable bonds is 4. The van der Waals surface area contributed by atoms with Gasteiger partial charge in [0, 0.05) is 0 Å². The van der Waals surface area contributed by atoms with Crippen LogP contribution in [0, 0.1) is 10.1 Å². The topological polar surface area (TPSA) is 83.6 Å². The molecule has 1 aromatic rings. The number of aliphatic hydroxyl groups is 1. The van der Waals surface area contributed by atoms with Crippen molar-refractivity contribution in [1.82, 2.24) is 0 Å². The van der Waals surface area contributed by atoms with E-state index in [9.17, 15) is 10.1 Å². The molecule has 0 saturated carbocycles. The van der Waals surface area contributed by atoms with Crippen LogP contribution in [0.3, 0.4) is 0 Å². The second-order valence-electron chi connectivity index (χ2n) is 2.61. The molecule has 1 unspecified atom stereocenters. The predicted molar refractivity (Wildman–Crippen MR) is 53.4 cm³/mol. The maximum atomic E-state index is 10.6. The van der Waals surface area contributed by atoms with Crippen LogP contribution < -0.4 is 4.35 Å². The molecule has 0 bridgehead atoms. The summed E-state index contributed by atoms with van der Waals surface area (Å²) in [7, 11) is 0. The first kappa shape index (κ1) is 11.0. The van der Waals surface area contributed by atoms with Crippen LogP contribution in [0.25, 0.3) is 0 Å². The van der Waals surface area contributed by atoms with Crippen LogP contribution in [0.2, 0.25) is 5.21 Å². The molecule has 1 atom stereocenters. The Morgan fingerprint density at radius 2 is 2.21 bits per heavy atom. The summed E-state index contributed by atoms with van der Waals surface area (Å²) in [6.07, 6.45) is 0. The Morgan fingerprint density at radius 3 is 2.79 bits per heavy atom. The number of phenols is 1. The van der Waals surface area contributed by atoms with Crippen molar-refractivity contribution in [1.29, 1.82) is 0 Å². The molecule has 1 aromatic carbocycles. The summed E-state index contributed by atoms with van der Waals surface area (Å²) < 4.78 is 0.654. The second-order valence-corrected chi connectivity index (χ2v) is 5.53. The van der Waals surface area contributed by atoms with Gasteiger partial charge in [-0.05, 0) is 0 Å². The summed E-state index contributed by atoms with van der Waals surface area (Å²) in [5.41, 5.74) is -0.0431. The van der Waals surface area contributed by atoms with Crippen molar-refractivity contribution in [2.24, 2.45) is 0 Å². The fourth-order valence-corrected chi connectivity index (χ4v) is 2.96. The van der Waals surface area contributed by atoms with Gasteiger partial charge in [-0.25, -0.2) is 0 Å². The summed E-state index contributed by atoms with van der Waals surface area (Å²) in [5, 5.41) is 28.9. The van der Waals surface area contributed by atoms with Crippen molar-refractivity contribution in [3.63, 3.8) is 0 Å². The van der Waals surface area contributed by atoms with Crippen molar-refractivity contribution >= 4 is 25.8 Å². The Labute approximate surface area is 87.2 Å². The van der Waals surface area contributed by atoms with Gasteiger partial charge in [0.1, 0.15) is 0 Å². The number of aromatic hydroxyl groups is 1. The average molecular weight is 259 g/mol. The van der Waals surface area contributed by atoms with Crippen LogP contribution in [-0.4, -0.2) is 37.5 Å². The number of nitrogens with zero attached hydrogens (tertiary/aromatic N) is 1. The summed E-state index contributed by atoms with van der Waals surface area (Å²) in [4.78, 5) is 10.1. The van der Waals surface area contributed by atoms with Gasteiger partial charge in [0.05, 0.1) is 0 Å². The molecule has 0 heterocycles. The number of nitro groups is 1. The van der Waals surface area contributed by atoms with Gasteiger partial charge in [-0.15, -0.1) is 0 Å². The molecule has 76 valence electrons. The van der Waals surface area contributed by atoms with Gasteiger partial charge in [0.15, 0.2) is 0 Å². The van der Waals surface area contributed by atoms with Crippen molar-refractivity contribution in [3.05, 3.63) is 28.3 Å². The minimum absolute atomic E-state index is 0.0431. The van der Waals surface area contributed by atoms with Crippen LogP contribution in [0.1, 0.15) is 0 Å². The van der Waals surface area contributed by atoms with Crippen molar-refractivity contribution in [3.8, 4) is 5.75 Å². The Hall–Kier alpha value is -1.06. The Balaban J connectivity index is 2.96. The number of benzene rings is 1. The molecule has 0 amide bonds. The number of hydrogen-bond acceptors (Lipinski definition) is 4. The maximum absolute atomic E-state index is 10.6. The molecule has 0 radical (unpaired) electrons. The molecule has 0 aliphatic heterocycles. The van der Waals surface area contributed by atoms with E-state index in [0.717, 1.165) is 6.07 Å². The van der Waals surface area contributed by atoms with Gasteiger partial charge in [-0.1, -0.05) is 0 Å². The van der Waals surface area contributed by atoms with E-state index in [2.05, 4.69) is 0 Å². The van der Waals surface area contributed by atoms with E-state index in [1.54, 1.807) is 6.07 Å². The van der Waals surface area contributed by atoms with Crippen LogP contribution in [0.5, 0.6) is 5.75 Å². The monoisotopic (exact) mass is 259 g/mol. The molecule has 0 spiro atoms. The van der Waals surface area contributed by atoms with E-state index in [-0.39, 0.29) is 18.0 Å². The molecule has 5 nitrogen and oxygen atoms in total. The van der Waals surface area contributed by atoms with E-state index in [4.69, 9.17) is 10.2 Å². The first-order valence-electron chi connectivity index (χ1n) is 3.97. The number of aliphatic hydroxyl groups excluding tert-OH is 1. The minimum atomic E-state index is -0.678. The van der Waals surface area contributed by atoms with Gasteiger partial charge in [0.2, 0.25) is 0 Å². The third-order valence-electron chi connectivity index (χ3n) is 1.61. The Morgan fingerprint density at radius 1 is 1.50 bits per heavy atom. The van der Waals surface area contributed by atoms with Crippen LogP contribution in [0.4, 0.5) is 5.69 Å². The third kappa shape index (κ3) is 2.72. The number of phenolic OH excluding ortho intramolecular Hbond substituents is 1. The molecule has 0 aliphatic rings. The quantitative estimate of drug-likeness (QED) is 0.444. The predicted octanol–water partition coefficient (Wildman–Crippen LogP) is -0.227. The Kier molecular flexibility index (Phi) is 3.92. The molecule has 6 heteroatoms. The normalized spacial score (nSPS) is 10.9. The average Bonchev–Trinajstić information content (AvgIpc) is 2.15. The fraction of sp³-hybridized carbons (Fsp3) is 0.250. The van der Waals surface area contributed by atoms with Gasteiger partial charge in [-0.2, -0.15) is 0 Å². The summed E-state index contributed by atoms with van der Waals surface area (Å²) in [6.45, 7) is 0.0536. The molecular formula is C8H10AsNO4. The first-order valence-corrected chi connectivity index (χ1v) is 6.50. The van der Waals surface area contributed by atoms with Crippen molar-refractivity contribution in [2.45, 2.75) is 5.21 Å². The SMILES string of the molecule is O=[N+]([O-])c1cc(O)ccc1[AsH]CCO. The second kappa shape index (κ2) is 4.98. The molecular weight excluding hydrogens is 249 g/mol. The van der Waals surface area contributed by atoms with E-state index < -0.39 is 20.7 Å². The van der Waals surface area contributed by atoms with Gasteiger partial charge >= 0.3 is 86.8 Å². The van der Waals surface area contributed by atoms with Gasteiger partial charge < -0.3 is 0 Å². The Bertz CT molecular complexity index is 342.